The van der Waals surface area contributed by atoms with E-state index in [4.69, 9.17) is 10.9 Å². The molecule has 3 aromatic rings. The molecule has 0 unspecified atom stereocenters. The van der Waals surface area contributed by atoms with E-state index in [0.29, 0.717) is 17.0 Å². The van der Waals surface area contributed by atoms with Crippen LogP contribution in [-0.2, 0) is 35.6 Å². The van der Waals surface area contributed by atoms with Gasteiger partial charge in [0.2, 0.25) is 4.34 Å². The highest BCUT2D eigenvalue weighted by Crippen LogP contribution is 2.23. The van der Waals surface area contributed by atoms with Crippen molar-refractivity contribution in [3.63, 3.8) is 0 Å². The summed E-state index contributed by atoms with van der Waals surface area (Å²) in [5.74, 6) is -0.587. The Labute approximate surface area is 176 Å². The minimum absolute atomic E-state index is 0.00433. The van der Waals surface area contributed by atoms with Crippen molar-refractivity contribution in [2.45, 2.75) is 19.9 Å². The maximum atomic E-state index is 12.5. The summed E-state index contributed by atoms with van der Waals surface area (Å²) < 4.78 is 74.1. The van der Waals surface area contributed by atoms with Gasteiger partial charge in [-0.15, -0.1) is 10.2 Å². The molecule has 3 rings (SSSR count). The number of aromatic nitrogens is 2. The number of sulfone groups is 1. The number of primary sulfonamides is 1. The number of hydrogen-bond acceptors (Lipinski definition) is 10. The third kappa shape index (κ3) is 5.11. The Morgan fingerprint density at radius 1 is 0.833 bits per heavy atom. The average Bonchev–Trinajstić information content (AvgIpc) is 3.10. The first-order valence-corrected chi connectivity index (χ1v) is 13.4. The van der Waals surface area contributed by atoms with Crippen LogP contribution in [0.5, 0.6) is 0 Å². The molecule has 0 aliphatic rings. The Kier molecular flexibility index (Phi) is 5.83. The molecule has 2 aromatic carbocycles. The highest BCUT2D eigenvalue weighted by atomic mass is 32.2. The summed E-state index contributed by atoms with van der Waals surface area (Å²) in [6.45, 7) is 0. The van der Waals surface area contributed by atoms with Crippen molar-refractivity contribution >= 4 is 52.6 Å². The van der Waals surface area contributed by atoms with Crippen LogP contribution >= 0.6 is 11.3 Å². The number of sulfonamides is 2. The van der Waals surface area contributed by atoms with Crippen LogP contribution in [0.25, 0.3) is 0 Å². The summed E-state index contributed by atoms with van der Waals surface area (Å²) in [6.07, 6.45) is 0. The zero-order valence-electron chi connectivity index (χ0n) is 15.0. The zero-order chi connectivity index (χ0) is 22.2. The molecule has 0 aliphatic heterocycles. The van der Waals surface area contributed by atoms with Gasteiger partial charge in [0.05, 0.1) is 9.79 Å². The molecule has 11 nitrogen and oxygen atoms in total. The molecule has 0 saturated carbocycles. The Bertz CT molecular complexity index is 1380. The van der Waals surface area contributed by atoms with Gasteiger partial charge in [-0.25, -0.2) is 30.4 Å². The second-order valence-corrected chi connectivity index (χ2v) is 12.4. The van der Waals surface area contributed by atoms with Gasteiger partial charge in [0.1, 0.15) is 10.8 Å². The second-order valence-electron chi connectivity index (χ2n) is 5.96. The van der Waals surface area contributed by atoms with Gasteiger partial charge in [-0.2, -0.15) is 0 Å². The molecule has 160 valence electrons. The van der Waals surface area contributed by atoms with Crippen LogP contribution in [0, 0.1) is 0 Å². The molecule has 0 saturated heterocycles. The van der Waals surface area contributed by atoms with Crippen LogP contribution in [0.4, 0.5) is 11.4 Å². The first-order chi connectivity index (χ1) is 13.9. The minimum atomic E-state index is -4.07. The summed E-state index contributed by atoms with van der Waals surface area (Å²) in [5.41, 5.74) is 6.11. The van der Waals surface area contributed by atoms with Gasteiger partial charge in [-0.1, -0.05) is 11.3 Å². The third-order valence-electron chi connectivity index (χ3n) is 3.66. The Balaban J connectivity index is 1.77. The summed E-state index contributed by atoms with van der Waals surface area (Å²) >= 11 is 0.556. The average molecular weight is 490 g/mol. The number of hydrogen-bond donors (Lipinski definition) is 3. The number of nitrogens with zero attached hydrogens (tertiary/aromatic N) is 2. The number of benzene rings is 2. The molecular formula is C15H15N5O6S4. The van der Waals surface area contributed by atoms with Crippen molar-refractivity contribution in [3.05, 3.63) is 53.5 Å². The predicted molar refractivity (Wildman–Crippen MR) is 110 cm³/mol. The molecule has 0 fully saturated rings. The van der Waals surface area contributed by atoms with E-state index in [0.717, 1.165) is 0 Å². The summed E-state index contributed by atoms with van der Waals surface area (Å²) in [5, 5.41) is 11.8. The van der Waals surface area contributed by atoms with Gasteiger partial charge in [-0.05, 0) is 48.5 Å². The first kappa shape index (κ1) is 22.1. The fraction of sp³-hybridized carbons (Fsp3) is 0.0667. The van der Waals surface area contributed by atoms with Crippen molar-refractivity contribution < 1.29 is 25.3 Å². The standard InChI is InChI=1S/C15H15N5O6S4/c16-10-1-5-13(6-2-10)30(25,26)20-11-3-7-12(8-4-11)28(21,22)9-14-18-19-15(27-14)29(17,23)24/h1-8,20H,9,16H2,(H2,17,23,24). The predicted octanol–water partition coefficient (Wildman–Crippen LogP) is 0.542. The monoisotopic (exact) mass is 489 g/mol. The maximum absolute atomic E-state index is 12.5. The SMILES string of the molecule is Nc1ccc(S(=O)(=O)Nc2ccc(S(=O)(=O)Cc3nnc(S(N)(=O)=O)s3)cc2)cc1. The highest BCUT2D eigenvalue weighted by Gasteiger charge is 2.22. The summed E-state index contributed by atoms with van der Waals surface area (Å²) in [7, 11) is -11.8. The van der Waals surface area contributed by atoms with Crippen LogP contribution in [0.3, 0.4) is 0 Å². The Hall–Kier alpha value is -2.59. The number of nitrogens with two attached hydrogens (primary N) is 2. The lowest BCUT2D eigenvalue weighted by molar-refractivity contribution is 0.594. The topological polar surface area (TPSA) is 192 Å². The Morgan fingerprint density at radius 3 is 1.93 bits per heavy atom. The molecule has 0 atom stereocenters. The van der Waals surface area contributed by atoms with Gasteiger partial charge in [0.15, 0.2) is 9.84 Å². The fourth-order valence-electron chi connectivity index (χ4n) is 2.25. The lowest BCUT2D eigenvalue weighted by Crippen LogP contribution is -2.13. The van der Waals surface area contributed by atoms with E-state index in [2.05, 4.69) is 14.9 Å². The first-order valence-electron chi connectivity index (χ1n) is 7.93. The van der Waals surface area contributed by atoms with Crippen LogP contribution in [0.1, 0.15) is 5.01 Å². The molecule has 30 heavy (non-hydrogen) atoms. The van der Waals surface area contributed by atoms with Gasteiger partial charge in [0, 0.05) is 11.4 Å². The van der Waals surface area contributed by atoms with Crippen molar-refractivity contribution in [1.29, 1.82) is 0 Å². The van der Waals surface area contributed by atoms with E-state index in [1.165, 1.54) is 48.5 Å². The molecule has 1 aromatic heterocycles. The van der Waals surface area contributed by atoms with Crippen molar-refractivity contribution in [3.8, 4) is 0 Å². The van der Waals surface area contributed by atoms with Gasteiger partial charge in [-0.3, -0.25) is 4.72 Å². The van der Waals surface area contributed by atoms with E-state index in [1.807, 2.05) is 0 Å². The lowest BCUT2D eigenvalue weighted by Gasteiger charge is -2.09. The normalized spacial score (nSPS) is 12.6. The maximum Gasteiger partial charge on any atom is 0.267 e. The van der Waals surface area contributed by atoms with Crippen molar-refractivity contribution in [2.24, 2.45) is 5.14 Å². The van der Waals surface area contributed by atoms with Crippen LogP contribution < -0.4 is 15.6 Å². The molecule has 0 spiro atoms. The van der Waals surface area contributed by atoms with E-state index < -0.39 is 40.0 Å². The Morgan fingerprint density at radius 2 is 1.40 bits per heavy atom. The number of rotatable bonds is 7. The minimum Gasteiger partial charge on any atom is -0.399 e. The van der Waals surface area contributed by atoms with E-state index in [9.17, 15) is 25.3 Å². The number of nitrogens with one attached hydrogen (secondary N) is 1. The van der Waals surface area contributed by atoms with Crippen molar-refractivity contribution in [1.82, 2.24) is 10.2 Å². The molecular weight excluding hydrogens is 474 g/mol. The molecule has 0 bridgehead atoms. The van der Waals surface area contributed by atoms with Gasteiger partial charge < -0.3 is 5.73 Å². The third-order valence-corrected chi connectivity index (χ3v) is 9.12. The largest absolute Gasteiger partial charge is 0.399 e. The quantitative estimate of drug-likeness (QED) is 0.397. The van der Waals surface area contributed by atoms with Crippen LogP contribution in [0.2, 0.25) is 0 Å². The van der Waals surface area contributed by atoms with Crippen LogP contribution in [-0.4, -0.2) is 35.5 Å². The molecule has 0 amide bonds. The fourth-order valence-corrected chi connectivity index (χ4v) is 6.38. The smallest absolute Gasteiger partial charge is 0.267 e. The summed E-state index contributed by atoms with van der Waals surface area (Å²) in [6, 6.07) is 10.6. The molecule has 0 radical (unpaired) electrons. The zero-order valence-corrected chi connectivity index (χ0v) is 18.2. The highest BCUT2D eigenvalue weighted by molar-refractivity contribution is 7.93. The lowest BCUT2D eigenvalue weighted by atomic mass is 10.3. The van der Waals surface area contributed by atoms with Gasteiger partial charge >= 0.3 is 0 Å². The van der Waals surface area contributed by atoms with Crippen LogP contribution in [0.15, 0.2) is 62.7 Å². The molecule has 5 N–H and O–H groups in total. The molecule has 15 heteroatoms. The van der Waals surface area contributed by atoms with E-state index in [-0.39, 0.29) is 20.5 Å². The van der Waals surface area contributed by atoms with E-state index in [1.54, 1.807) is 0 Å². The molecule has 1 heterocycles. The second kappa shape index (κ2) is 7.92. The van der Waals surface area contributed by atoms with E-state index >= 15 is 0 Å². The summed E-state index contributed by atoms with van der Waals surface area (Å²) in [4.78, 5) is -0.111. The molecule has 0 aliphatic carbocycles. The number of nitrogen functional groups attached to an aromatic ring is 1. The van der Waals surface area contributed by atoms with Gasteiger partial charge in [0.25, 0.3) is 20.0 Å². The number of anilines is 2. The van der Waals surface area contributed by atoms with Crippen molar-refractivity contribution in [2.75, 3.05) is 10.5 Å².